The average Bonchev–Trinajstić information content (AvgIpc) is 3.06. The van der Waals surface area contributed by atoms with E-state index >= 15 is 0 Å². The van der Waals surface area contributed by atoms with Gasteiger partial charge in [-0.15, -0.1) is 0 Å². The van der Waals surface area contributed by atoms with E-state index in [2.05, 4.69) is 5.10 Å². The van der Waals surface area contributed by atoms with E-state index in [1.165, 1.54) is 31.2 Å². The monoisotopic (exact) mass is 391 g/mol. The van der Waals surface area contributed by atoms with E-state index in [9.17, 15) is 28.1 Å². The number of rotatable bonds is 4. The van der Waals surface area contributed by atoms with Gasteiger partial charge < -0.3 is 4.74 Å². The number of nitrogens with zero attached hydrogens (tertiary/aromatic N) is 3. The van der Waals surface area contributed by atoms with Crippen molar-refractivity contribution in [1.29, 1.82) is 0 Å². The fourth-order valence-electron chi connectivity index (χ4n) is 2.42. The molecule has 0 unspecified atom stereocenters. The van der Waals surface area contributed by atoms with Gasteiger partial charge in [-0.1, -0.05) is 24.3 Å². The lowest BCUT2D eigenvalue weighted by atomic mass is 10.1. The summed E-state index contributed by atoms with van der Waals surface area (Å²) in [7, 11) is 0. The van der Waals surface area contributed by atoms with Crippen LogP contribution in [0.5, 0.6) is 5.88 Å². The molecule has 0 bridgehead atoms. The van der Waals surface area contributed by atoms with Crippen LogP contribution in [0.25, 0.3) is 5.69 Å². The number of aromatic nitrogens is 2. The predicted octanol–water partition coefficient (Wildman–Crippen LogP) is 4.33. The van der Waals surface area contributed by atoms with E-state index in [0.29, 0.717) is 11.6 Å². The van der Waals surface area contributed by atoms with Crippen LogP contribution in [0.3, 0.4) is 0 Å². The predicted molar refractivity (Wildman–Crippen MR) is 91.4 cm³/mol. The number of nitro benzene ring substituents is 1. The maximum absolute atomic E-state index is 13.1. The molecule has 144 valence electrons. The number of ether oxygens (including phenoxy) is 1. The third kappa shape index (κ3) is 3.85. The Morgan fingerprint density at radius 3 is 2.43 bits per heavy atom. The normalized spacial score (nSPS) is 11.3. The highest BCUT2D eigenvalue weighted by atomic mass is 19.4. The molecule has 0 amide bonds. The smallest absolute Gasteiger partial charge is 0.404 e. The largest absolute Gasteiger partial charge is 0.435 e. The average molecular weight is 391 g/mol. The number of hydrogen-bond donors (Lipinski definition) is 0. The lowest BCUT2D eigenvalue weighted by Gasteiger charge is -2.08. The van der Waals surface area contributed by atoms with Crippen LogP contribution >= 0.6 is 0 Å². The molecule has 0 radical (unpaired) electrons. The molecule has 3 aromatic rings. The van der Waals surface area contributed by atoms with E-state index in [0.717, 1.165) is 10.7 Å². The molecule has 10 heteroatoms. The molecule has 28 heavy (non-hydrogen) atoms. The molecule has 0 atom stereocenters. The minimum absolute atomic E-state index is 0.174. The Hall–Kier alpha value is -3.69. The molecule has 0 aliphatic carbocycles. The summed E-state index contributed by atoms with van der Waals surface area (Å²) in [5.74, 6) is -1.51. The van der Waals surface area contributed by atoms with Crippen LogP contribution in [-0.4, -0.2) is 20.7 Å². The van der Waals surface area contributed by atoms with Crippen molar-refractivity contribution in [2.75, 3.05) is 0 Å². The lowest BCUT2D eigenvalue weighted by Crippen LogP contribution is -2.12. The van der Waals surface area contributed by atoms with Crippen LogP contribution in [0, 0.1) is 17.0 Å². The van der Waals surface area contributed by atoms with Crippen LogP contribution in [0.4, 0.5) is 18.9 Å². The standard InChI is InChI=1S/C18H12F3N3O4/c1-11-7-8-12(9-14(11)24(26)27)17(25)28-16-10-15(18(19,20)21)22-23(16)13-5-3-2-4-6-13/h2-10H,1H3. The van der Waals surface area contributed by atoms with Crippen molar-refractivity contribution >= 4 is 11.7 Å². The first-order valence-corrected chi connectivity index (χ1v) is 7.86. The van der Waals surface area contributed by atoms with Crippen LogP contribution < -0.4 is 4.74 Å². The molecule has 0 saturated carbocycles. The molecule has 0 aliphatic rings. The first kappa shape index (κ1) is 19.1. The minimum Gasteiger partial charge on any atom is -0.404 e. The zero-order valence-electron chi connectivity index (χ0n) is 14.3. The van der Waals surface area contributed by atoms with Crippen LogP contribution in [-0.2, 0) is 6.18 Å². The van der Waals surface area contributed by atoms with Gasteiger partial charge in [0.15, 0.2) is 5.69 Å². The summed E-state index contributed by atoms with van der Waals surface area (Å²) >= 11 is 0. The molecule has 0 saturated heterocycles. The number of esters is 1. The van der Waals surface area contributed by atoms with Gasteiger partial charge in [0.25, 0.3) is 5.69 Å². The van der Waals surface area contributed by atoms with Gasteiger partial charge in [0.1, 0.15) is 0 Å². The van der Waals surface area contributed by atoms with Crippen molar-refractivity contribution in [2.24, 2.45) is 0 Å². The van der Waals surface area contributed by atoms with Crippen molar-refractivity contribution in [3.63, 3.8) is 0 Å². The number of carbonyl (C=O) groups is 1. The fraction of sp³-hybridized carbons (Fsp3) is 0.111. The Morgan fingerprint density at radius 1 is 1.14 bits per heavy atom. The fourth-order valence-corrected chi connectivity index (χ4v) is 2.42. The van der Waals surface area contributed by atoms with E-state index in [1.54, 1.807) is 18.2 Å². The molecule has 0 spiro atoms. The maximum Gasteiger partial charge on any atom is 0.435 e. The third-order valence-electron chi connectivity index (χ3n) is 3.81. The summed E-state index contributed by atoms with van der Waals surface area (Å²) < 4.78 is 45.1. The number of nitro groups is 1. The topological polar surface area (TPSA) is 87.3 Å². The summed E-state index contributed by atoms with van der Waals surface area (Å²) in [5, 5.41) is 14.5. The van der Waals surface area contributed by atoms with Crippen molar-refractivity contribution in [3.05, 3.63) is 81.5 Å². The second-order valence-corrected chi connectivity index (χ2v) is 5.76. The number of carbonyl (C=O) groups excluding carboxylic acids is 1. The van der Waals surface area contributed by atoms with E-state index in [1.807, 2.05) is 0 Å². The van der Waals surface area contributed by atoms with E-state index < -0.39 is 28.6 Å². The molecule has 3 rings (SSSR count). The van der Waals surface area contributed by atoms with Gasteiger partial charge in [-0.05, 0) is 25.1 Å². The van der Waals surface area contributed by atoms with E-state index in [4.69, 9.17) is 4.74 Å². The zero-order valence-corrected chi connectivity index (χ0v) is 14.3. The molecule has 1 aromatic heterocycles. The number of para-hydroxylation sites is 1. The Labute approximate surface area is 156 Å². The minimum atomic E-state index is -4.75. The van der Waals surface area contributed by atoms with Crippen LogP contribution in [0.2, 0.25) is 0 Å². The van der Waals surface area contributed by atoms with Gasteiger partial charge in [0.05, 0.1) is 16.2 Å². The highest BCUT2D eigenvalue weighted by Gasteiger charge is 2.36. The highest BCUT2D eigenvalue weighted by molar-refractivity contribution is 5.91. The highest BCUT2D eigenvalue weighted by Crippen LogP contribution is 2.32. The summed E-state index contributed by atoms with van der Waals surface area (Å²) in [6.07, 6.45) is -4.75. The van der Waals surface area contributed by atoms with Gasteiger partial charge in [-0.25, -0.2) is 9.48 Å². The van der Waals surface area contributed by atoms with Gasteiger partial charge in [-0.3, -0.25) is 10.1 Å². The second kappa shape index (κ2) is 7.14. The summed E-state index contributed by atoms with van der Waals surface area (Å²) in [5.41, 5.74) is -1.14. The summed E-state index contributed by atoms with van der Waals surface area (Å²) in [6, 6.07) is 12.0. The number of hydrogen-bond acceptors (Lipinski definition) is 5. The Morgan fingerprint density at radius 2 is 1.82 bits per heavy atom. The SMILES string of the molecule is Cc1ccc(C(=O)Oc2cc(C(F)(F)F)nn2-c2ccccc2)cc1[N+](=O)[O-]. The first-order chi connectivity index (χ1) is 13.2. The molecule has 7 nitrogen and oxygen atoms in total. The number of aryl methyl sites for hydroxylation is 1. The lowest BCUT2D eigenvalue weighted by molar-refractivity contribution is -0.385. The van der Waals surface area contributed by atoms with Crippen molar-refractivity contribution < 1.29 is 27.6 Å². The van der Waals surface area contributed by atoms with Gasteiger partial charge >= 0.3 is 12.1 Å². The quantitative estimate of drug-likeness (QED) is 0.375. The summed E-state index contributed by atoms with van der Waals surface area (Å²) in [6.45, 7) is 1.49. The molecule has 1 heterocycles. The first-order valence-electron chi connectivity index (χ1n) is 7.86. The number of halogens is 3. The summed E-state index contributed by atoms with van der Waals surface area (Å²) in [4.78, 5) is 22.7. The molecule has 2 aromatic carbocycles. The van der Waals surface area contributed by atoms with Gasteiger partial charge in [-0.2, -0.15) is 18.3 Å². The second-order valence-electron chi connectivity index (χ2n) is 5.76. The molecule has 0 fully saturated rings. The van der Waals surface area contributed by atoms with Crippen molar-refractivity contribution in [3.8, 4) is 11.6 Å². The molecular formula is C18H12F3N3O4. The van der Waals surface area contributed by atoms with Crippen molar-refractivity contribution in [2.45, 2.75) is 13.1 Å². The Balaban J connectivity index is 2.00. The van der Waals surface area contributed by atoms with Crippen LogP contribution in [0.15, 0.2) is 54.6 Å². The van der Waals surface area contributed by atoms with Gasteiger partial charge in [0, 0.05) is 17.7 Å². The Kier molecular flexibility index (Phi) is 4.87. The molecular weight excluding hydrogens is 379 g/mol. The van der Waals surface area contributed by atoms with Crippen molar-refractivity contribution in [1.82, 2.24) is 9.78 Å². The Bertz CT molecular complexity index is 1050. The third-order valence-corrected chi connectivity index (χ3v) is 3.81. The number of benzene rings is 2. The van der Waals surface area contributed by atoms with E-state index in [-0.39, 0.29) is 16.9 Å². The zero-order chi connectivity index (χ0) is 20.5. The maximum atomic E-state index is 13.1. The number of alkyl halides is 3. The van der Waals surface area contributed by atoms with Gasteiger partial charge in [0.2, 0.25) is 5.88 Å². The molecule has 0 N–H and O–H groups in total. The van der Waals surface area contributed by atoms with Crippen LogP contribution in [0.1, 0.15) is 21.6 Å². The molecule has 0 aliphatic heterocycles.